The molecule has 0 saturated carbocycles. The second-order valence-electron chi connectivity index (χ2n) is 16.1. The molecule has 10 heteroatoms. The molecule has 0 aliphatic carbocycles. The van der Waals surface area contributed by atoms with Gasteiger partial charge >= 0.3 is 151 Å². The van der Waals surface area contributed by atoms with Gasteiger partial charge in [-0.25, -0.2) is 0 Å². The number of allylic oxidation sites excluding steroid dienone is 4. The van der Waals surface area contributed by atoms with Crippen LogP contribution in [0.25, 0.3) is 0 Å². The third-order valence-electron chi connectivity index (χ3n) is 9.45. The van der Waals surface area contributed by atoms with Crippen LogP contribution in [0.15, 0.2) is 24.3 Å². The fourth-order valence-electron chi connectivity index (χ4n) is 5.94. The van der Waals surface area contributed by atoms with E-state index in [0.717, 1.165) is 69.4 Å². The number of rotatable bonds is 40. The summed E-state index contributed by atoms with van der Waals surface area (Å²) in [7, 11) is -4.34. The third-order valence-corrected chi connectivity index (χ3v) is 13.6. The van der Waals surface area contributed by atoms with Crippen molar-refractivity contribution in [1.82, 2.24) is 0 Å². The Balaban J connectivity index is 4.38. The molecular weight excluding hydrogens is 762 g/mol. The summed E-state index contributed by atoms with van der Waals surface area (Å²) in [5.74, 6) is -0.797. The van der Waals surface area contributed by atoms with Crippen LogP contribution in [0.1, 0.15) is 194 Å². The summed E-state index contributed by atoms with van der Waals surface area (Å²) >= 11 is -1.80. The van der Waals surface area contributed by atoms with Gasteiger partial charge in [-0.1, -0.05) is 134 Å². The zero-order valence-electron chi connectivity index (χ0n) is 35.7. The SMILES string of the molecule is CCCCCCCC/C=C\CCCCCCCC(=O)OCC(COP(=O)(O)OCC[As+](C)(C)C)OC(=O)CCCCCCC/C=C\CCCCCCCC. The molecule has 0 aliphatic rings. The van der Waals surface area contributed by atoms with Crippen molar-refractivity contribution in [3.8, 4) is 0 Å². The molecular formula is C44H85AsO8P+. The van der Waals surface area contributed by atoms with E-state index < -0.39 is 33.4 Å². The van der Waals surface area contributed by atoms with Gasteiger partial charge in [0.2, 0.25) is 0 Å². The summed E-state index contributed by atoms with van der Waals surface area (Å²) in [5.41, 5.74) is 6.55. The molecule has 0 saturated heterocycles. The first kappa shape index (κ1) is 53.1. The van der Waals surface area contributed by atoms with Gasteiger partial charge in [-0.2, -0.15) is 0 Å². The van der Waals surface area contributed by atoms with E-state index >= 15 is 0 Å². The zero-order chi connectivity index (χ0) is 40.0. The van der Waals surface area contributed by atoms with Crippen LogP contribution in [0.2, 0.25) is 22.3 Å². The topological polar surface area (TPSA) is 108 Å². The molecule has 0 aliphatic heterocycles. The molecule has 0 heterocycles. The minimum atomic E-state index is -4.34. The number of phosphoric ester groups is 1. The Morgan fingerprint density at radius 3 is 1.37 bits per heavy atom. The smallest absolute Gasteiger partial charge is 0.0885 e. The molecule has 0 rings (SSSR count). The van der Waals surface area contributed by atoms with Crippen LogP contribution < -0.4 is 0 Å². The molecule has 2 unspecified atom stereocenters. The van der Waals surface area contributed by atoms with Crippen molar-refractivity contribution in [1.29, 1.82) is 0 Å². The number of esters is 2. The minimum Gasteiger partial charge on any atom is -0.0885 e. The van der Waals surface area contributed by atoms with E-state index in [0.29, 0.717) is 6.42 Å². The van der Waals surface area contributed by atoms with Crippen LogP contribution in [0.3, 0.4) is 0 Å². The summed E-state index contributed by atoms with van der Waals surface area (Å²) in [6.07, 6.45) is 39.4. The predicted molar refractivity (Wildman–Crippen MR) is 230 cm³/mol. The fourth-order valence-corrected chi connectivity index (χ4v) is 8.35. The molecule has 0 aromatic rings. The van der Waals surface area contributed by atoms with Crippen LogP contribution in [0.5, 0.6) is 0 Å². The van der Waals surface area contributed by atoms with Gasteiger partial charge < -0.3 is 0 Å². The molecule has 0 spiro atoms. The van der Waals surface area contributed by atoms with E-state index in [1.54, 1.807) is 0 Å². The molecule has 0 bridgehead atoms. The van der Waals surface area contributed by atoms with Gasteiger partial charge in [-0.15, -0.1) is 0 Å². The summed E-state index contributed by atoms with van der Waals surface area (Å²) in [5, 5.41) is 0.745. The van der Waals surface area contributed by atoms with Crippen molar-refractivity contribution >= 4 is 33.3 Å². The maximum atomic E-state index is 12.7. The van der Waals surface area contributed by atoms with Crippen molar-refractivity contribution in [2.24, 2.45) is 0 Å². The normalized spacial score (nSPS) is 13.8. The third kappa shape index (κ3) is 40.7. The van der Waals surface area contributed by atoms with Gasteiger partial charge in [0.15, 0.2) is 0 Å². The quantitative estimate of drug-likeness (QED) is 0.0213. The number of carbonyl (C=O) groups excluding carboxylic acids is 2. The van der Waals surface area contributed by atoms with Crippen molar-refractivity contribution in [2.45, 2.75) is 222 Å². The first-order valence-corrected chi connectivity index (χ1v) is 30.5. The zero-order valence-corrected chi connectivity index (χ0v) is 38.5. The van der Waals surface area contributed by atoms with Gasteiger partial charge in [-0.05, 0) is 51.4 Å². The summed E-state index contributed by atoms with van der Waals surface area (Å²) < 4.78 is 33.8. The van der Waals surface area contributed by atoms with Gasteiger partial charge in [0.1, 0.15) is 0 Å². The van der Waals surface area contributed by atoms with E-state index in [9.17, 15) is 19.0 Å². The number of hydrogen-bond donors (Lipinski definition) is 1. The molecule has 0 fully saturated rings. The Morgan fingerprint density at radius 1 is 0.556 bits per heavy atom. The average molecular weight is 848 g/mol. The predicted octanol–water partition coefficient (Wildman–Crippen LogP) is 14.0. The van der Waals surface area contributed by atoms with Crippen LogP contribution in [-0.4, -0.2) is 56.3 Å². The van der Waals surface area contributed by atoms with E-state index in [1.165, 1.54) is 96.3 Å². The molecule has 0 aromatic carbocycles. The van der Waals surface area contributed by atoms with Gasteiger partial charge in [0.25, 0.3) is 0 Å². The van der Waals surface area contributed by atoms with E-state index in [-0.39, 0.29) is 38.6 Å². The van der Waals surface area contributed by atoms with E-state index in [1.807, 2.05) is 0 Å². The van der Waals surface area contributed by atoms with Crippen LogP contribution >= 0.6 is 7.82 Å². The first-order chi connectivity index (χ1) is 26.0. The van der Waals surface area contributed by atoms with Gasteiger partial charge in [-0.3, -0.25) is 0 Å². The van der Waals surface area contributed by atoms with E-state index in [2.05, 4.69) is 55.3 Å². The monoisotopic (exact) mass is 848 g/mol. The number of unbranched alkanes of at least 4 members (excludes halogenated alkanes) is 22. The Hall–Kier alpha value is -0.912. The Bertz CT molecular complexity index is 980. The molecule has 2 atom stereocenters. The molecule has 0 amide bonds. The second-order valence-corrected chi connectivity index (χ2v) is 28.1. The van der Waals surface area contributed by atoms with Crippen LogP contribution in [0, 0.1) is 0 Å². The Labute approximate surface area is 335 Å². The maximum absolute atomic E-state index is 12.7. The first-order valence-electron chi connectivity index (χ1n) is 22.1. The molecule has 54 heavy (non-hydrogen) atoms. The van der Waals surface area contributed by atoms with Crippen LogP contribution in [0.4, 0.5) is 0 Å². The standard InChI is InChI=1S/C44H84AsO8P/c1-6-8-10-12-14-16-18-20-22-24-26-28-30-32-34-36-43(46)50-40-42(41-52-54(48,49)51-39-38-45(3,4)5)53-44(47)37-35-33-31-29-27-25-23-21-19-17-15-13-11-9-7-2/h20-23,42H,6-19,24-41H2,1-5H3/p+1/b22-20-,23-21-. The Morgan fingerprint density at radius 2 is 0.944 bits per heavy atom. The van der Waals surface area contributed by atoms with Crippen LogP contribution in [-0.2, 0) is 32.7 Å². The van der Waals surface area contributed by atoms with Crippen molar-refractivity contribution < 1.29 is 37.6 Å². The van der Waals surface area contributed by atoms with Gasteiger partial charge in [0, 0.05) is 0 Å². The second kappa shape index (κ2) is 37.7. The summed E-state index contributed by atoms with van der Waals surface area (Å²) in [6.45, 7) is 4.03. The number of phosphoric acid groups is 1. The van der Waals surface area contributed by atoms with Crippen molar-refractivity contribution in [2.75, 3.05) is 19.8 Å². The fraction of sp³-hybridized carbons (Fsp3) is 0.864. The minimum absolute atomic E-state index is 0.134. The molecule has 0 radical (unpaired) electrons. The number of hydrogen-bond acceptors (Lipinski definition) is 7. The molecule has 8 nitrogen and oxygen atoms in total. The number of ether oxygens (including phenoxy) is 2. The molecule has 0 aromatic heterocycles. The summed E-state index contributed by atoms with van der Waals surface area (Å²) in [4.78, 5) is 35.4. The Kier molecular flexibility index (Phi) is 37.0. The number of carbonyl (C=O) groups is 2. The summed E-state index contributed by atoms with van der Waals surface area (Å²) in [6, 6.07) is 0. The van der Waals surface area contributed by atoms with E-state index in [4.69, 9.17) is 18.5 Å². The van der Waals surface area contributed by atoms with Crippen molar-refractivity contribution in [3.63, 3.8) is 0 Å². The molecule has 318 valence electrons. The van der Waals surface area contributed by atoms with Gasteiger partial charge in [0.05, 0.1) is 0 Å². The van der Waals surface area contributed by atoms with Crippen molar-refractivity contribution in [3.05, 3.63) is 24.3 Å². The average Bonchev–Trinajstić information content (AvgIpc) is 3.12. The molecule has 1 N–H and O–H groups in total.